The number of anilines is 1. The van der Waals surface area contributed by atoms with Gasteiger partial charge in [-0.3, -0.25) is 4.99 Å². The number of guanidine groups is 1. The van der Waals surface area contributed by atoms with Crippen molar-refractivity contribution in [3.63, 3.8) is 0 Å². The summed E-state index contributed by atoms with van der Waals surface area (Å²) in [5, 5.41) is 4.32. The van der Waals surface area contributed by atoms with E-state index in [-0.39, 0.29) is 30.1 Å². The van der Waals surface area contributed by atoms with E-state index < -0.39 is 0 Å². The molecule has 26 heavy (non-hydrogen) atoms. The Kier molecular flexibility index (Phi) is 7.32. The minimum atomic E-state index is 0. The molecule has 0 aliphatic rings. The number of rotatable bonds is 6. The Bertz CT molecular complexity index is 823. The van der Waals surface area contributed by atoms with Gasteiger partial charge in [0.1, 0.15) is 5.75 Å². The van der Waals surface area contributed by atoms with Crippen molar-refractivity contribution >= 4 is 46.5 Å². The van der Waals surface area contributed by atoms with E-state index in [4.69, 9.17) is 10.5 Å². The molecule has 2 aromatic carbocycles. The molecule has 3 aromatic rings. The first-order valence-corrected chi connectivity index (χ1v) is 8.50. The van der Waals surface area contributed by atoms with E-state index in [2.05, 4.69) is 33.5 Å². The summed E-state index contributed by atoms with van der Waals surface area (Å²) in [5.74, 6) is 1.25. The van der Waals surface area contributed by atoms with Crippen molar-refractivity contribution in [2.24, 2.45) is 10.7 Å². The maximum atomic E-state index is 5.96. The first kappa shape index (κ1) is 20.1. The van der Waals surface area contributed by atoms with Gasteiger partial charge >= 0.3 is 0 Å². The van der Waals surface area contributed by atoms with Crippen LogP contribution in [-0.2, 0) is 6.42 Å². The van der Waals surface area contributed by atoms with E-state index in [1.807, 2.05) is 50.2 Å². The number of aromatic nitrogens is 1. The smallest absolute Gasteiger partial charge is 0.193 e. The second-order valence-electron chi connectivity index (χ2n) is 6.21. The monoisotopic (exact) mass is 464 g/mol. The molecule has 0 bridgehead atoms. The molecular weight excluding hydrogens is 439 g/mol. The van der Waals surface area contributed by atoms with Gasteiger partial charge in [-0.25, -0.2) is 0 Å². The normalized spacial score (nSPS) is 11.4. The zero-order valence-electron chi connectivity index (χ0n) is 15.0. The number of halogens is 1. The number of H-pyrrole nitrogens is 1. The van der Waals surface area contributed by atoms with Crippen LogP contribution in [-0.4, -0.2) is 23.6 Å². The highest BCUT2D eigenvalue weighted by molar-refractivity contribution is 14.0. The summed E-state index contributed by atoms with van der Waals surface area (Å²) in [6, 6.07) is 18.1. The van der Waals surface area contributed by atoms with Gasteiger partial charge in [0.25, 0.3) is 0 Å². The lowest BCUT2D eigenvalue weighted by atomic mass is 10.2. The molecule has 0 aliphatic carbocycles. The van der Waals surface area contributed by atoms with Gasteiger partial charge in [-0.1, -0.05) is 18.2 Å². The molecule has 0 saturated heterocycles. The van der Waals surface area contributed by atoms with E-state index in [1.54, 1.807) is 0 Å². The van der Waals surface area contributed by atoms with Crippen LogP contribution in [0.4, 0.5) is 5.69 Å². The fourth-order valence-electron chi connectivity index (χ4n) is 2.64. The molecule has 0 fully saturated rings. The van der Waals surface area contributed by atoms with Crippen molar-refractivity contribution < 1.29 is 4.74 Å². The molecule has 0 atom stereocenters. The predicted octanol–water partition coefficient (Wildman–Crippen LogP) is 4.54. The van der Waals surface area contributed by atoms with Crippen LogP contribution in [0.25, 0.3) is 10.9 Å². The lowest BCUT2D eigenvalue weighted by Crippen LogP contribution is -2.23. The summed E-state index contributed by atoms with van der Waals surface area (Å²) in [7, 11) is 0. The van der Waals surface area contributed by atoms with E-state index in [1.165, 1.54) is 5.39 Å². The predicted molar refractivity (Wildman–Crippen MR) is 120 cm³/mol. The topological polar surface area (TPSA) is 75.4 Å². The van der Waals surface area contributed by atoms with Crippen LogP contribution in [0.1, 0.15) is 19.5 Å². The summed E-state index contributed by atoms with van der Waals surface area (Å²) in [4.78, 5) is 7.78. The summed E-state index contributed by atoms with van der Waals surface area (Å²) in [6.45, 7) is 4.63. The highest BCUT2D eigenvalue weighted by Crippen LogP contribution is 2.17. The molecule has 1 aromatic heterocycles. The third kappa shape index (κ3) is 5.66. The molecular formula is C20H25IN4O. The Morgan fingerprint density at radius 2 is 1.88 bits per heavy atom. The van der Waals surface area contributed by atoms with Gasteiger partial charge in [-0.05, 0) is 55.6 Å². The molecule has 0 amide bonds. The van der Waals surface area contributed by atoms with Crippen molar-refractivity contribution in [1.29, 1.82) is 0 Å². The number of benzene rings is 2. The fraction of sp³-hybridized carbons (Fsp3) is 0.250. The number of para-hydroxylation sites is 1. The Hall–Kier alpha value is -2.22. The van der Waals surface area contributed by atoms with Gasteiger partial charge in [-0.15, -0.1) is 24.0 Å². The average Bonchev–Trinajstić information content (AvgIpc) is 2.99. The Labute approximate surface area is 171 Å². The first-order chi connectivity index (χ1) is 12.1. The third-order valence-electron chi connectivity index (χ3n) is 3.75. The van der Waals surface area contributed by atoms with Gasteiger partial charge in [0, 0.05) is 29.9 Å². The maximum absolute atomic E-state index is 5.96. The number of hydrogen-bond donors (Lipinski definition) is 3. The van der Waals surface area contributed by atoms with E-state index in [0.717, 1.165) is 29.1 Å². The largest absolute Gasteiger partial charge is 0.491 e. The molecule has 0 unspecified atom stereocenters. The number of nitrogens with one attached hydrogen (secondary N) is 2. The minimum Gasteiger partial charge on any atom is -0.491 e. The summed E-state index contributed by atoms with van der Waals surface area (Å²) in [6.07, 6.45) is 0.980. The van der Waals surface area contributed by atoms with Crippen LogP contribution in [0.3, 0.4) is 0 Å². The second kappa shape index (κ2) is 9.47. The molecule has 0 saturated carbocycles. The zero-order valence-corrected chi connectivity index (χ0v) is 17.4. The Morgan fingerprint density at radius 1 is 1.15 bits per heavy atom. The maximum Gasteiger partial charge on any atom is 0.193 e. The van der Waals surface area contributed by atoms with Crippen molar-refractivity contribution in [3.05, 3.63) is 60.3 Å². The SMILES string of the molecule is CC(C)Oc1ccc(NC(N)=NCCc2cc3ccccc3[nH]2)cc1.I. The van der Waals surface area contributed by atoms with Crippen LogP contribution in [0.15, 0.2) is 59.6 Å². The number of aliphatic imine (C=N–C) groups is 1. The van der Waals surface area contributed by atoms with Crippen molar-refractivity contribution in [2.75, 3.05) is 11.9 Å². The van der Waals surface area contributed by atoms with E-state index in [0.29, 0.717) is 12.5 Å². The van der Waals surface area contributed by atoms with E-state index in [9.17, 15) is 0 Å². The first-order valence-electron chi connectivity index (χ1n) is 8.50. The zero-order chi connectivity index (χ0) is 17.6. The lowest BCUT2D eigenvalue weighted by molar-refractivity contribution is 0.242. The summed E-state index contributed by atoms with van der Waals surface area (Å²) >= 11 is 0. The van der Waals surface area contributed by atoms with Crippen molar-refractivity contribution in [2.45, 2.75) is 26.4 Å². The molecule has 0 radical (unpaired) electrons. The van der Waals surface area contributed by atoms with Crippen molar-refractivity contribution in [3.8, 4) is 5.75 Å². The fourth-order valence-corrected chi connectivity index (χ4v) is 2.64. The van der Waals surface area contributed by atoms with Crippen LogP contribution >= 0.6 is 24.0 Å². The molecule has 138 valence electrons. The number of ether oxygens (including phenoxy) is 1. The van der Waals surface area contributed by atoms with Crippen LogP contribution in [0.2, 0.25) is 0 Å². The van der Waals surface area contributed by atoms with Crippen LogP contribution < -0.4 is 15.8 Å². The standard InChI is InChI=1S/C20H24N4O.HI/c1-14(2)25-18-9-7-16(8-10-18)24-20(21)22-12-11-17-13-15-5-3-4-6-19(15)23-17;/h3-10,13-14,23H,11-12H2,1-2H3,(H3,21,22,24);1H. The number of hydrogen-bond acceptors (Lipinski definition) is 2. The van der Waals surface area contributed by atoms with Gasteiger partial charge in [0.05, 0.1) is 6.10 Å². The number of nitrogens with zero attached hydrogens (tertiary/aromatic N) is 1. The molecule has 1 heterocycles. The average molecular weight is 464 g/mol. The van der Waals surface area contributed by atoms with Gasteiger partial charge in [0.15, 0.2) is 5.96 Å². The highest BCUT2D eigenvalue weighted by Gasteiger charge is 2.01. The summed E-state index contributed by atoms with van der Waals surface area (Å²) < 4.78 is 5.62. The summed E-state index contributed by atoms with van der Waals surface area (Å²) in [5.41, 5.74) is 9.16. The molecule has 0 spiro atoms. The Morgan fingerprint density at radius 3 is 2.58 bits per heavy atom. The molecule has 5 nitrogen and oxygen atoms in total. The van der Waals surface area contributed by atoms with Gasteiger partial charge < -0.3 is 20.8 Å². The highest BCUT2D eigenvalue weighted by atomic mass is 127. The third-order valence-corrected chi connectivity index (χ3v) is 3.75. The second-order valence-corrected chi connectivity index (χ2v) is 6.21. The molecule has 3 rings (SSSR count). The van der Waals surface area contributed by atoms with Crippen LogP contribution in [0.5, 0.6) is 5.75 Å². The number of fused-ring (bicyclic) bond motifs is 1. The molecule has 4 N–H and O–H groups in total. The van der Waals surface area contributed by atoms with Crippen molar-refractivity contribution in [1.82, 2.24) is 4.98 Å². The molecule has 6 heteroatoms. The van der Waals surface area contributed by atoms with Gasteiger partial charge in [0.2, 0.25) is 0 Å². The number of nitrogens with two attached hydrogens (primary N) is 1. The lowest BCUT2D eigenvalue weighted by Gasteiger charge is -2.10. The number of aromatic amines is 1. The quantitative estimate of drug-likeness (QED) is 0.285. The van der Waals surface area contributed by atoms with Gasteiger partial charge in [-0.2, -0.15) is 0 Å². The molecule has 0 aliphatic heterocycles. The van der Waals surface area contributed by atoms with Crippen LogP contribution in [0, 0.1) is 0 Å². The van der Waals surface area contributed by atoms with E-state index >= 15 is 0 Å². The minimum absolute atomic E-state index is 0. The Balaban J connectivity index is 0.00000243.